The summed E-state index contributed by atoms with van der Waals surface area (Å²) in [4.78, 5) is 5.27. The Kier molecular flexibility index (Phi) is 6.37. The molecule has 0 spiro atoms. The van der Waals surface area contributed by atoms with E-state index in [2.05, 4.69) is 199 Å². The molecule has 0 aliphatic carbocycles. The van der Waals surface area contributed by atoms with Gasteiger partial charge in [0.2, 0.25) is 0 Å². The van der Waals surface area contributed by atoms with Gasteiger partial charge in [0, 0.05) is 16.3 Å². The van der Waals surface area contributed by atoms with E-state index in [0.29, 0.717) is 0 Å². The maximum atomic E-state index is 5.27. The normalized spacial score (nSPS) is 12.0. The molecule has 2 heteroatoms. The molecule has 0 unspecified atom stereocenters. The quantitative estimate of drug-likeness (QED) is 0.133. The minimum atomic E-state index is 0.935. The summed E-state index contributed by atoms with van der Waals surface area (Å²) in [6, 6.07) is 71.1. The summed E-state index contributed by atoms with van der Waals surface area (Å²) >= 11 is 0. The Bertz CT molecular complexity index is 3480. The molecule has 0 atom stereocenters. The highest BCUT2D eigenvalue weighted by atomic mass is 15.1. The number of fused-ring (bicyclic) bond motifs is 8. The molecule has 55 heavy (non-hydrogen) atoms. The smallest absolute Gasteiger partial charge is 0.145 e. The highest BCUT2D eigenvalue weighted by Gasteiger charge is 2.23. The first-order valence-corrected chi connectivity index (χ1v) is 19.0. The van der Waals surface area contributed by atoms with E-state index in [-0.39, 0.29) is 0 Å². The topological polar surface area (TPSA) is 17.8 Å². The van der Waals surface area contributed by atoms with E-state index >= 15 is 0 Å². The Morgan fingerprint density at radius 1 is 0.327 bits per heavy atom. The molecule has 0 N–H and O–H groups in total. The molecule has 0 fully saturated rings. The van der Waals surface area contributed by atoms with Crippen LogP contribution in [0.1, 0.15) is 0 Å². The summed E-state index contributed by atoms with van der Waals surface area (Å²) in [6.07, 6.45) is 0. The highest BCUT2D eigenvalue weighted by Crippen LogP contribution is 2.48. The van der Waals surface area contributed by atoms with Crippen LogP contribution in [0.2, 0.25) is 0 Å². The van der Waals surface area contributed by atoms with Gasteiger partial charge >= 0.3 is 0 Å². The van der Waals surface area contributed by atoms with Gasteiger partial charge in [0.1, 0.15) is 5.82 Å². The molecular formula is C53H32N2. The summed E-state index contributed by atoms with van der Waals surface area (Å²) in [5.74, 6) is 0.935. The van der Waals surface area contributed by atoms with Crippen molar-refractivity contribution < 1.29 is 0 Å². The Hall–Kier alpha value is -7.29. The van der Waals surface area contributed by atoms with Gasteiger partial charge in [-0.25, -0.2) is 4.98 Å². The van der Waals surface area contributed by atoms with Crippen molar-refractivity contribution in [3.63, 3.8) is 0 Å². The number of hydrogen-bond donors (Lipinski definition) is 0. The van der Waals surface area contributed by atoms with Crippen molar-refractivity contribution in [2.75, 3.05) is 0 Å². The second-order valence-corrected chi connectivity index (χ2v) is 14.6. The third kappa shape index (κ3) is 4.28. The lowest BCUT2D eigenvalue weighted by Crippen LogP contribution is -2.01. The van der Waals surface area contributed by atoms with Gasteiger partial charge in [0.15, 0.2) is 0 Å². The monoisotopic (exact) mass is 696 g/mol. The summed E-state index contributed by atoms with van der Waals surface area (Å²) in [5.41, 5.74) is 6.76. The van der Waals surface area contributed by atoms with Crippen molar-refractivity contribution >= 4 is 86.4 Å². The fourth-order valence-electron chi connectivity index (χ4n) is 9.49. The average molecular weight is 697 g/mol. The zero-order valence-corrected chi connectivity index (χ0v) is 29.9. The van der Waals surface area contributed by atoms with Crippen LogP contribution in [-0.4, -0.2) is 9.55 Å². The third-order valence-electron chi connectivity index (χ3n) is 11.7. The van der Waals surface area contributed by atoms with E-state index in [4.69, 9.17) is 4.98 Å². The van der Waals surface area contributed by atoms with E-state index in [9.17, 15) is 0 Å². The summed E-state index contributed by atoms with van der Waals surface area (Å²) in [6.45, 7) is 0. The first-order valence-electron chi connectivity index (χ1n) is 19.0. The molecule has 0 amide bonds. The zero-order chi connectivity index (χ0) is 36.0. The van der Waals surface area contributed by atoms with Crippen molar-refractivity contribution in [1.29, 1.82) is 0 Å². The molecule has 0 radical (unpaired) electrons. The second kappa shape index (κ2) is 11.6. The number of rotatable bonds is 3. The Balaban J connectivity index is 1.30. The maximum Gasteiger partial charge on any atom is 0.145 e. The van der Waals surface area contributed by atoms with Crippen molar-refractivity contribution in [3.05, 3.63) is 194 Å². The largest absolute Gasteiger partial charge is 0.291 e. The van der Waals surface area contributed by atoms with Crippen molar-refractivity contribution in [1.82, 2.24) is 9.55 Å². The van der Waals surface area contributed by atoms with Gasteiger partial charge in [-0.05, 0) is 87.9 Å². The molecule has 0 bridgehead atoms. The van der Waals surface area contributed by atoms with E-state index < -0.39 is 0 Å². The molecular weight excluding hydrogens is 665 g/mol. The van der Waals surface area contributed by atoms with Gasteiger partial charge < -0.3 is 0 Å². The predicted octanol–water partition coefficient (Wildman–Crippen LogP) is 14.4. The van der Waals surface area contributed by atoms with E-state index in [1.54, 1.807) is 0 Å². The first-order chi connectivity index (χ1) is 27.3. The van der Waals surface area contributed by atoms with E-state index in [1.807, 2.05) is 0 Å². The maximum absolute atomic E-state index is 5.27. The minimum absolute atomic E-state index is 0.935. The number of hydrogen-bond acceptors (Lipinski definition) is 1. The van der Waals surface area contributed by atoms with Gasteiger partial charge in [-0.15, -0.1) is 0 Å². The summed E-state index contributed by atoms with van der Waals surface area (Å²) in [7, 11) is 0. The molecule has 12 aromatic rings. The van der Waals surface area contributed by atoms with Crippen LogP contribution in [0.5, 0.6) is 0 Å². The van der Waals surface area contributed by atoms with Crippen LogP contribution in [0.3, 0.4) is 0 Å². The van der Waals surface area contributed by atoms with Crippen molar-refractivity contribution in [3.8, 4) is 28.2 Å². The highest BCUT2D eigenvalue weighted by molar-refractivity contribution is 6.35. The van der Waals surface area contributed by atoms with E-state index in [1.165, 1.54) is 86.5 Å². The lowest BCUT2D eigenvalue weighted by atomic mass is 9.85. The van der Waals surface area contributed by atoms with Crippen LogP contribution in [0.4, 0.5) is 0 Å². The molecule has 0 saturated carbocycles. The fourth-order valence-corrected chi connectivity index (χ4v) is 9.49. The molecule has 11 aromatic carbocycles. The lowest BCUT2D eigenvalue weighted by Gasteiger charge is -2.21. The Morgan fingerprint density at radius 2 is 0.800 bits per heavy atom. The van der Waals surface area contributed by atoms with Crippen LogP contribution >= 0.6 is 0 Å². The van der Waals surface area contributed by atoms with Gasteiger partial charge in [0.05, 0.1) is 16.7 Å². The SMILES string of the molecule is c1ccc(-c2nc3ccccc3n2-c2c3ccccc3c(-c3cccc4c5cccc6ccc7cccc(c8ccccc8c34)c7c65)c3ccccc23)cc1. The number of nitrogens with zero attached hydrogens (tertiary/aromatic N) is 2. The third-order valence-corrected chi connectivity index (χ3v) is 11.7. The second-order valence-electron chi connectivity index (χ2n) is 14.6. The number of benzene rings is 10. The standard InChI is InChI=1S/C53H32N2/c1-2-15-35(16-3-1)53-54-46-29-10-11-30-47(46)55(53)52-43-23-8-6-21-41(43)51(42-22-7-9-24-44(42)52)45-28-14-27-40-39-26-13-18-34-32-31-33-17-12-25-37(48(33)49(34)39)36-19-4-5-20-38(36)50(40)45/h1-32H. The Labute approximate surface area is 317 Å². The van der Waals surface area contributed by atoms with Crippen LogP contribution < -0.4 is 0 Å². The molecule has 12 rings (SSSR count). The first kappa shape index (κ1) is 30.2. The van der Waals surface area contributed by atoms with Crippen LogP contribution in [0.15, 0.2) is 194 Å². The molecule has 0 aliphatic rings. The van der Waals surface area contributed by atoms with Gasteiger partial charge in [-0.3, -0.25) is 4.57 Å². The van der Waals surface area contributed by atoms with Gasteiger partial charge in [0.25, 0.3) is 0 Å². The van der Waals surface area contributed by atoms with Crippen LogP contribution in [-0.2, 0) is 0 Å². The average Bonchev–Trinajstić information content (AvgIpc) is 3.64. The minimum Gasteiger partial charge on any atom is -0.291 e. The van der Waals surface area contributed by atoms with Gasteiger partial charge in [-0.1, -0.05) is 182 Å². The van der Waals surface area contributed by atoms with Crippen molar-refractivity contribution in [2.24, 2.45) is 0 Å². The lowest BCUT2D eigenvalue weighted by molar-refractivity contribution is 1.13. The molecule has 1 heterocycles. The molecule has 254 valence electrons. The predicted molar refractivity (Wildman–Crippen MR) is 234 cm³/mol. The van der Waals surface area contributed by atoms with Gasteiger partial charge in [-0.2, -0.15) is 0 Å². The van der Waals surface area contributed by atoms with E-state index in [0.717, 1.165) is 28.1 Å². The van der Waals surface area contributed by atoms with Crippen molar-refractivity contribution in [2.45, 2.75) is 0 Å². The molecule has 2 nitrogen and oxygen atoms in total. The van der Waals surface area contributed by atoms with Crippen LogP contribution in [0, 0.1) is 0 Å². The molecule has 0 aliphatic heterocycles. The molecule has 1 aromatic heterocycles. The van der Waals surface area contributed by atoms with Crippen LogP contribution in [0.25, 0.3) is 115 Å². The molecule has 0 saturated heterocycles. The fraction of sp³-hybridized carbons (Fsp3) is 0. The summed E-state index contributed by atoms with van der Waals surface area (Å²) in [5, 5.41) is 17.5. The number of aromatic nitrogens is 2. The zero-order valence-electron chi connectivity index (χ0n) is 29.9. The number of imidazole rings is 1. The Morgan fingerprint density at radius 3 is 1.47 bits per heavy atom. The summed E-state index contributed by atoms with van der Waals surface area (Å²) < 4.78 is 2.39. The number of para-hydroxylation sites is 2.